The zero-order valence-electron chi connectivity index (χ0n) is 12.5. The number of hydrogen-bond donors (Lipinski definition) is 0. The maximum atomic E-state index is 12.0. The molecule has 0 bridgehead atoms. The molecular formula is C17H25NO2. The first-order valence-electron chi connectivity index (χ1n) is 7.60. The Morgan fingerprint density at radius 1 is 1.25 bits per heavy atom. The summed E-state index contributed by atoms with van der Waals surface area (Å²) >= 11 is 0. The SMILES string of the molecule is CC(C)CC1CCN(C(=O)OCc2ccccc2)CC1. The quantitative estimate of drug-likeness (QED) is 0.828. The van der Waals surface area contributed by atoms with Crippen LogP contribution < -0.4 is 0 Å². The van der Waals surface area contributed by atoms with Crippen molar-refractivity contribution in [3.8, 4) is 0 Å². The van der Waals surface area contributed by atoms with Gasteiger partial charge in [0.05, 0.1) is 0 Å². The second-order valence-electron chi connectivity index (χ2n) is 6.10. The number of carbonyl (C=O) groups is 1. The summed E-state index contributed by atoms with van der Waals surface area (Å²) in [5, 5.41) is 0. The molecule has 3 heteroatoms. The fourth-order valence-electron chi connectivity index (χ4n) is 2.83. The molecule has 1 aromatic carbocycles. The Bertz CT molecular complexity index is 408. The lowest BCUT2D eigenvalue weighted by atomic mass is 9.89. The van der Waals surface area contributed by atoms with Crippen molar-refractivity contribution >= 4 is 6.09 Å². The fourth-order valence-corrected chi connectivity index (χ4v) is 2.83. The molecule has 1 aromatic rings. The minimum absolute atomic E-state index is 0.170. The van der Waals surface area contributed by atoms with E-state index in [1.54, 1.807) is 0 Å². The highest BCUT2D eigenvalue weighted by Crippen LogP contribution is 2.24. The van der Waals surface area contributed by atoms with E-state index in [2.05, 4.69) is 13.8 Å². The van der Waals surface area contributed by atoms with E-state index < -0.39 is 0 Å². The van der Waals surface area contributed by atoms with Crippen LogP contribution in [0.2, 0.25) is 0 Å². The molecule has 1 fully saturated rings. The molecule has 20 heavy (non-hydrogen) atoms. The smallest absolute Gasteiger partial charge is 0.410 e. The van der Waals surface area contributed by atoms with E-state index in [1.165, 1.54) is 6.42 Å². The van der Waals surface area contributed by atoms with Gasteiger partial charge in [0.2, 0.25) is 0 Å². The minimum atomic E-state index is -0.170. The first-order valence-corrected chi connectivity index (χ1v) is 7.60. The Balaban J connectivity index is 1.72. The molecule has 1 saturated heterocycles. The van der Waals surface area contributed by atoms with Crippen LogP contribution in [0.25, 0.3) is 0 Å². The molecular weight excluding hydrogens is 250 g/mol. The average molecular weight is 275 g/mol. The van der Waals surface area contributed by atoms with Crippen LogP contribution in [0.3, 0.4) is 0 Å². The van der Waals surface area contributed by atoms with Crippen LogP contribution in [-0.4, -0.2) is 24.1 Å². The number of amides is 1. The number of hydrogen-bond acceptors (Lipinski definition) is 2. The summed E-state index contributed by atoms with van der Waals surface area (Å²) in [5.74, 6) is 1.52. The molecule has 1 aliphatic heterocycles. The first kappa shape index (κ1) is 14.9. The van der Waals surface area contributed by atoms with Crippen LogP contribution in [0.15, 0.2) is 30.3 Å². The van der Waals surface area contributed by atoms with E-state index in [9.17, 15) is 4.79 Å². The number of nitrogens with zero attached hydrogens (tertiary/aromatic N) is 1. The van der Waals surface area contributed by atoms with E-state index in [0.717, 1.165) is 43.3 Å². The Hall–Kier alpha value is -1.51. The van der Waals surface area contributed by atoms with Crippen molar-refractivity contribution < 1.29 is 9.53 Å². The van der Waals surface area contributed by atoms with Crippen molar-refractivity contribution in [2.24, 2.45) is 11.8 Å². The minimum Gasteiger partial charge on any atom is -0.445 e. The molecule has 0 unspecified atom stereocenters. The monoisotopic (exact) mass is 275 g/mol. The maximum Gasteiger partial charge on any atom is 0.410 e. The number of piperidine rings is 1. The zero-order chi connectivity index (χ0) is 14.4. The molecule has 0 spiro atoms. The third-order valence-electron chi connectivity index (χ3n) is 3.88. The van der Waals surface area contributed by atoms with Crippen LogP contribution in [-0.2, 0) is 11.3 Å². The van der Waals surface area contributed by atoms with Crippen molar-refractivity contribution in [1.82, 2.24) is 4.90 Å². The Morgan fingerprint density at radius 2 is 1.90 bits per heavy atom. The number of ether oxygens (including phenoxy) is 1. The largest absolute Gasteiger partial charge is 0.445 e. The molecule has 1 amide bonds. The Morgan fingerprint density at radius 3 is 2.50 bits per heavy atom. The van der Waals surface area contributed by atoms with Crippen molar-refractivity contribution in [1.29, 1.82) is 0 Å². The standard InChI is InChI=1S/C17H25NO2/c1-14(2)12-15-8-10-18(11-9-15)17(19)20-13-16-6-4-3-5-7-16/h3-7,14-15H,8-13H2,1-2H3. The molecule has 3 nitrogen and oxygen atoms in total. The highest BCUT2D eigenvalue weighted by molar-refractivity contribution is 5.67. The lowest BCUT2D eigenvalue weighted by Crippen LogP contribution is -2.39. The topological polar surface area (TPSA) is 29.5 Å². The van der Waals surface area contributed by atoms with Crippen LogP contribution in [0.4, 0.5) is 4.79 Å². The van der Waals surface area contributed by atoms with Crippen LogP contribution in [0.5, 0.6) is 0 Å². The average Bonchev–Trinajstić information content (AvgIpc) is 2.46. The highest BCUT2D eigenvalue weighted by atomic mass is 16.6. The molecule has 0 atom stereocenters. The second kappa shape index (κ2) is 7.32. The summed E-state index contributed by atoms with van der Waals surface area (Å²) < 4.78 is 5.37. The van der Waals surface area contributed by atoms with Gasteiger partial charge in [-0.2, -0.15) is 0 Å². The lowest BCUT2D eigenvalue weighted by molar-refractivity contribution is 0.0804. The van der Waals surface area contributed by atoms with Gasteiger partial charge in [-0.15, -0.1) is 0 Å². The van der Waals surface area contributed by atoms with Gasteiger partial charge in [-0.25, -0.2) is 4.79 Å². The van der Waals surface area contributed by atoms with Gasteiger partial charge in [0.15, 0.2) is 0 Å². The van der Waals surface area contributed by atoms with Gasteiger partial charge >= 0.3 is 6.09 Å². The summed E-state index contributed by atoms with van der Waals surface area (Å²) in [5.41, 5.74) is 1.04. The summed E-state index contributed by atoms with van der Waals surface area (Å²) in [4.78, 5) is 13.9. The van der Waals surface area contributed by atoms with E-state index in [-0.39, 0.29) is 6.09 Å². The van der Waals surface area contributed by atoms with Crippen molar-refractivity contribution in [2.75, 3.05) is 13.1 Å². The van der Waals surface area contributed by atoms with Crippen molar-refractivity contribution in [2.45, 2.75) is 39.7 Å². The maximum absolute atomic E-state index is 12.0. The molecule has 2 rings (SSSR count). The van der Waals surface area contributed by atoms with Crippen LogP contribution >= 0.6 is 0 Å². The number of likely N-dealkylation sites (tertiary alicyclic amines) is 1. The first-order chi connectivity index (χ1) is 9.65. The van der Waals surface area contributed by atoms with Crippen molar-refractivity contribution in [3.05, 3.63) is 35.9 Å². The van der Waals surface area contributed by atoms with Gasteiger partial charge in [-0.3, -0.25) is 0 Å². The Labute approximate surface area is 121 Å². The highest BCUT2D eigenvalue weighted by Gasteiger charge is 2.24. The zero-order valence-corrected chi connectivity index (χ0v) is 12.5. The molecule has 0 saturated carbocycles. The van der Waals surface area contributed by atoms with E-state index in [4.69, 9.17) is 4.74 Å². The molecule has 0 aliphatic carbocycles. The van der Waals surface area contributed by atoms with Gasteiger partial charge in [0.25, 0.3) is 0 Å². The molecule has 110 valence electrons. The summed E-state index contributed by atoms with van der Waals surface area (Å²) in [6, 6.07) is 9.83. The normalized spacial score (nSPS) is 16.4. The molecule has 1 heterocycles. The van der Waals surface area contributed by atoms with Crippen LogP contribution in [0, 0.1) is 11.8 Å². The molecule has 0 aromatic heterocycles. The number of rotatable bonds is 4. The van der Waals surface area contributed by atoms with E-state index >= 15 is 0 Å². The van der Waals surface area contributed by atoms with Gasteiger partial charge in [-0.1, -0.05) is 44.2 Å². The molecule has 0 radical (unpaired) electrons. The third kappa shape index (κ3) is 4.55. The van der Waals surface area contributed by atoms with Crippen LogP contribution in [0.1, 0.15) is 38.7 Å². The van der Waals surface area contributed by atoms with Gasteiger partial charge in [-0.05, 0) is 36.7 Å². The molecule has 1 aliphatic rings. The number of benzene rings is 1. The van der Waals surface area contributed by atoms with Gasteiger partial charge < -0.3 is 9.64 Å². The Kier molecular flexibility index (Phi) is 5.45. The third-order valence-corrected chi connectivity index (χ3v) is 3.88. The van der Waals surface area contributed by atoms with E-state index in [0.29, 0.717) is 6.61 Å². The van der Waals surface area contributed by atoms with E-state index in [1.807, 2.05) is 35.2 Å². The number of carbonyl (C=O) groups excluding carboxylic acids is 1. The summed E-state index contributed by atoms with van der Waals surface area (Å²) in [7, 11) is 0. The summed E-state index contributed by atoms with van der Waals surface area (Å²) in [6.45, 7) is 6.57. The van der Waals surface area contributed by atoms with Gasteiger partial charge in [0.1, 0.15) is 6.61 Å². The van der Waals surface area contributed by atoms with Gasteiger partial charge in [0, 0.05) is 13.1 Å². The predicted molar refractivity (Wildman–Crippen MR) is 80.4 cm³/mol. The van der Waals surface area contributed by atoms with Crippen molar-refractivity contribution in [3.63, 3.8) is 0 Å². The lowest BCUT2D eigenvalue weighted by Gasteiger charge is -2.32. The molecule has 0 N–H and O–H groups in total. The fraction of sp³-hybridized carbons (Fsp3) is 0.588. The summed E-state index contributed by atoms with van der Waals surface area (Å²) in [6.07, 6.45) is 3.32. The second-order valence-corrected chi connectivity index (χ2v) is 6.10. The predicted octanol–water partition coefficient (Wildman–Crippen LogP) is 4.08.